The van der Waals surface area contributed by atoms with Crippen LogP contribution in [0, 0.1) is 15.9 Å². The molecule has 110 valence electrons. The monoisotopic (exact) mass is 304 g/mol. The van der Waals surface area contributed by atoms with E-state index in [4.69, 9.17) is 9.88 Å². The van der Waals surface area contributed by atoms with E-state index in [1.54, 1.807) is 6.92 Å². The molecule has 0 unspecified atom stereocenters. The highest BCUT2D eigenvalue weighted by atomic mass is 32.2. The van der Waals surface area contributed by atoms with Crippen LogP contribution in [0.5, 0.6) is 5.75 Å². The molecule has 0 fully saturated rings. The van der Waals surface area contributed by atoms with Crippen molar-refractivity contribution in [3.05, 3.63) is 40.2 Å². The molecule has 0 heterocycles. The second kappa shape index (κ2) is 5.97. The van der Waals surface area contributed by atoms with E-state index in [1.807, 2.05) is 0 Å². The molecule has 0 aromatic heterocycles. The lowest BCUT2D eigenvalue weighted by Crippen LogP contribution is -2.15. The summed E-state index contributed by atoms with van der Waals surface area (Å²) in [6.45, 7) is 5.42. The fraction of sp³-hybridized carbons (Fsp3) is 0.273. The fourth-order valence-corrected chi connectivity index (χ4v) is 1.94. The molecule has 7 nitrogen and oxygen atoms in total. The van der Waals surface area contributed by atoms with Gasteiger partial charge in [0.05, 0.1) is 11.5 Å². The molecule has 0 bridgehead atoms. The van der Waals surface area contributed by atoms with E-state index in [1.165, 1.54) is 0 Å². The lowest BCUT2D eigenvalue weighted by molar-refractivity contribution is -0.386. The third-order valence-corrected chi connectivity index (χ3v) is 3.23. The molecular formula is C11H13FN2O5S. The van der Waals surface area contributed by atoms with Crippen LogP contribution in [-0.2, 0) is 10.0 Å². The standard InChI is InChI=1S/C11H13FN2O5S/c1-7(2)3-4-19-10-5-8(12)11(20(13,17)18)6-9(10)14(15)16/h5-6H,1,3-4H2,2H3,(H2,13,17,18). The van der Waals surface area contributed by atoms with Crippen LogP contribution < -0.4 is 9.88 Å². The molecule has 1 aromatic carbocycles. The Labute approximate surface area is 115 Å². The number of nitrogens with zero attached hydrogens (tertiary/aromatic N) is 1. The van der Waals surface area contributed by atoms with Crippen LogP contribution in [0.25, 0.3) is 0 Å². The van der Waals surface area contributed by atoms with Gasteiger partial charge >= 0.3 is 5.69 Å². The highest BCUT2D eigenvalue weighted by molar-refractivity contribution is 7.89. The van der Waals surface area contributed by atoms with Gasteiger partial charge in [-0.25, -0.2) is 17.9 Å². The van der Waals surface area contributed by atoms with E-state index in [0.29, 0.717) is 18.6 Å². The zero-order valence-corrected chi connectivity index (χ0v) is 11.4. The number of rotatable bonds is 6. The summed E-state index contributed by atoms with van der Waals surface area (Å²) < 4.78 is 40.9. The van der Waals surface area contributed by atoms with E-state index in [2.05, 4.69) is 6.58 Å². The van der Waals surface area contributed by atoms with Gasteiger partial charge in [-0.3, -0.25) is 10.1 Å². The number of halogens is 1. The molecule has 20 heavy (non-hydrogen) atoms. The summed E-state index contributed by atoms with van der Waals surface area (Å²) in [5, 5.41) is 15.6. The van der Waals surface area contributed by atoms with Crippen molar-refractivity contribution in [2.45, 2.75) is 18.2 Å². The quantitative estimate of drug-likeness (QED) is 0.488. The van der Waals surface area contributed by atoms with Crippen molar-refractivity contribution in [2.75, 3.05) is 6.61 Å². The summed E-state index contributed by atoms with van der Waals surface area (Å²) in [5.74, 6) is -1.57. The smallest absolute Gasteiger partial charge is 0.312 e. The highest BCUT2D eigenvalue weighted by Crippen LogP contribution is 2.31. The van der Waals surface area contributed by atoms with Crippen LogP contribution in [0.1, 0.15) is 13.3 Å². The first-order chi connectivity index (χ1) is 9.12. The lowest BCUT2D eigenvalue weighted by Gasteiger charge is -2.08. The van der Waals surface area contributed by atoms with Crippen LogP contribution in [0.15, 0.2) is 29.2 Å². The van der Waals surface area contributed by atoms with Crippen LogP contribution in [-0.4, -0.2) is 19.9 Å². The van der Waals surface area contributed by atoms with Gasteiger partial charge in [-0.2, -0.15) is 0 Å². The molecule has 1 aromatic rings. The molecule has 1 rings (SSSR count). The molecule has 0 saturated heterocycles. The third-order valence-electron chi connectivity index (χ3n) is 2.30. The van der Waals surface area contributed by atoms with Gasteiger partial charge < -0.3 is 4.74 Å². The topological polar surface area (TPSA) is 113 Å². The predicted octanol–water partition coefficient (Wildman–Crippen LogP) is 1.73. The van der Waals surface area contributed by atoms with E-state index < -0.39 is 31.3 Å². The molecule has 0 aliphatic carbocycles. The van der Waals surface area contributed by atoms with Crippen LogP contribution in [0.4, 0.5) is 10.1 Å². The van der Waals surface area contributed by atoms with Crippen molar-refractivity contribution in [3.8, 4) is 5.75 Å². The molecule has 0 amide bonds. The molecule has 0 atom stereocenters. The number of nitro benzene ring substituents is 1. The number of hydrogen-bond donors (Lipinski definition) is 1. The molecule has 0 aliphatic heterocycles. The molecule has 0 aliphatic rings. The van der Waals surface area contributed by atoms with E-state index in [-0.39, 0.29) is 12.4 Å². The zero-order chi connectivity index (χ0) is 15.5. The first-order valence-corrected chi connectivity index (χ1v) is 6.95. The summed E-state index contributed by atoms with van der Waals surface area (Å²) in [5.41, 5.74) is 0.117. The van der Waals surface area contributed by atoms with Gasteiger partial charge in [-0.1, -0.05) is 5.57 Å². The first kappa shape index (κ1) is 16.1. The Hall–Kier alpha value is -2.00. The average molecular weight is 304 g/mol. The van der Waals surface area contributed by atoms with E-state index >= 15 is 0 Å². The fourth-order valence-electron chi connectivity index (χ4n) is 1.34. The maximum Gasteiger partial charge on any atom is 0.312 e. The molecule has 0 radical (unpaired) electrons. The largest absolute Gasteiger partial charge is 0.486 e. The van der Waals surface area contributed by atoms with Crippen molar-refractivity contribution < 1.29 is 22.5 Å². The number of nitrogens with two attached hydrogens (primary N) is 1. The van der Waals surface area contributed by atoms with Gasteiger partial charge in [0.1, 0.15) is 10.7 Å². The van der Waals surface area contributed by atoms with Gasteiger partial charge in [0.2, 0.25) is 10.0 Å². The minimum atomic E-state index is -4.39. The second-order valence-corrected chi connectivity index (χ2v) is 5.64. The van der Waals surface area contributed by atoms with E-state index in [9.17, 15) is 22.9 Å². The van der Waals surface area contributed by atoms with Gasteiger partial charge in [-0.05, 0) is 6.92 Å². The molecule has 0 saturated carbocycles. The van der Waals surface area contributed by atoms with Crippen molar-refractivity contribution in [1.29, 1.82) is 0 Å². The molecular weight excluding hydrogens is 291 g/mol. The Morgan fingerprint density at radius 2 is 2.15 bits per heavy atom. The summed E-state index contributed by atoms with van der Waals surface area (Å²) in [6.07, 6.45) is 0.426. The van der Waals surface area contributed by atoms with Crippen LogP contribution >= 0.6 is 0 Å². The van der Waals surface area contributed by atoms with Gasteiger partial charge in [0.25, 0.3) is 0 Å². The van der Waals surface area contributed by atoms with Crippen molar-refractivity contribution in [1.82, 2.24) is 0 Å². The van der Waals surface area contributed by atoms with E-state index in [0.717, 1.165) is 5.57 Å². The lowest BCUT2D eigenvalue weighted by atomic mass is 10.2. The minimum Gasteiger partial charge on any atom is -0.486 e. The number of ether oxygens (including phenoxy) is 1. The average Bonchev–Trinajstić information content (AvgIpc) is 2.26. The number of sulfonamides is 1. The maximum absolute atomic E-state index is 13.6. The van der Waals surface area contributed by atoms with Crippen LogP contribution in [0.2, 0.25) is 0 Å². The van der Waals surface area contributed by atoms with Gasteiger partial charge in [0, 0.05) is 18.6 Å². The number of hydrogen-bond acceptors (Lipinski definition) is 5. The Balaban J connectivity index is 3.22. The summed E-state index contributed by atoms with van der Waals surface area (Å²) in [4.78, 5) is 9.04. The highest BCUT2D eigenvalue weighted by Gasteiger charge is 2.24. The minimum absolute atomic E-state index is 0.0599. The van der Waals surface area contributed by atoms with Crippen LogP contribution in [0.3, 0.4) is 0 Å². The van der Waals surface area contributed by atoms with Crippen molar-refractivity contribution in [2.24, 2.45) is 5.14 Å². The molecule has 2 N–H and O–H groups in total. The SMILES string of the molecule is C=C(C)CCOc1cc(F)c(S(N)(=O)=O)cc1[N+](=O)[O-]. The third kappa shape index (κ3) is 4.00. The second-order valence-electron chi connectivity index (χ2n) is 4.11. The number of primary sulfonamides is 1. The molecule has 0 spiro atoms. The zero-order valence-electron chi connectivity index (χ0n) is 10.6. The first-order valence-electron chi connectivity index (χ1n) is 5.41. The Bertz CT molecular complexity index is 657. The number of nitro groups is 1. The normalized spacial score (nSPS) is 11.2. The van der Waals surface area contributed by atoms with Gasteiger partial charge in [0.15, 0.2) is 5.75 Å². The summed E-state index contributed by atoms with van der Waals surface area (Å²) in [7, 11) is -4.39. The molecule has 9 heteroatoms. The maximum atomic E-state index is 13.6. The number of benzene rings is 1. The Morgan fingerprint density at radius 1 is 1.55 bits per heavy atom. The summed E-state index contributed by atoms with van der Waals surface area (Å²) >= 11 is 0. The Morgan fingerprint density at radius 3 is 2.60 bits per heavy atom. The summed E-state index contributed by atoms with van der Waals surface area (Å²) in [6, 6.07) is 1.18. The Kier molecular flexibility index (Phi) is 4.79. The predicted molar refractivity (Wildman–Crippen MR) is 69.4 cm³/mol. The van der Waals surface area contributed by atoms with Crippen molar-refractivity contribution >= 4 is 15.7 Å². The van der Waals surface area contributed by atoms with Gasteiger partial charge in [-0.15, -0.1) is 6.58 Å². The van der Waals surface area contributed by atoms with Crippen molar-refractivity contribution in [3.63, 3.8) is 0 Å².